The van der Waals surface area contributed by atoms with Gasteiger partial charge in [0.1, 0.15) is 4.75 Å². The van der Waals surface area contributed by atoms with Crippen LogP contribution >= 0.6 is 0 Å². The van der Waals surface area contributed by atoms with Gasteiger partial charge in [0.05, 0.1) is 0 Å². The Morgan fingerprint density at radius 2 is 2.00 bits per heavy atom. The highest BCUT2D eigenvalue weighted by atomic mass is 32.2. The minimum atomic E-state index is -2.92. The van der Waals surface area contributed by atoms with Crippen LogP contribution in [-0.2, 0) is 11.1 Å². The van der Waals surface area contributed by atoms with E-state index >= 15 is 0 Å². The Labute approximate surface area is 53.5 Å². The van der Waals surface area contributed by atoms with E-state index in [-0.39, 0.29) is 0 Å². The molecule has 5 heteroatoms. The molecule has 54 valence electrons. The normalized spacial score (nSPS) is 42.2. The van der Waals surface area contributed by atoms with Gasteiger partial charge in [-0.3, -0.25) is 0 Å². The summed E-state index contributed by atoms with van der Waals surface area (Å²) in [6.07, 6.45) is -0.469. The van der Waals surface area contributed by atoms with Crippen LogP contribution in [0.4, 0.5) is 8.78 Å². The first-order valence-corrected chi connectivity index (χ1v) is 3.50. The highest BCUT2D eigenvalue weighted by Gasteiger charge is 2.72. The lowest BCUT2D eigenvalue weighted by molar-refractivity contribution is 0.107. The topological polar surface area (TPSA) is 37.3 Å². The van der Waals surface area contributed by atoms with E-state index in [1.165, 1.54) is 0 Å². The molecule has 1 saturated carbocycles. The summed E-state index contributed by atoms with van der Waals surface area (Å²) in [6, 6.07) is 0. The van der Waals surface area contributed by atoms with Crippen molar-refractivity contribution in [2.75, 3.05) is 0 Å². The second kappa shape index (κ2) is 1.52. The average Bonchev–Trinajstić information content (AvgIpc) is 2.08. The Morgan fingerprint density at radius 1 is 1.67 bits per heavy atom. The quantitative estimate of drug-likeness (QED) is 0.575. The van der Waals surface area contributed by atoms with Crippen LogP contribution in [-0.4, -0.2) is 19.4 Å². The molecule has 1 aliphatic rings. The zero-order valence-electron chi connectivity index (χ0n) is 4.73. The molecule has 0 aromatic heterocycles. The van der Waals surface area contributed by atoms with Gasteiger partial charge in [-0.2, -0.15) is 0 Å². The van der Waals surface area contributed by atoms with Crippen LogP contribution in [0, 0.1) is 0 Å². The van der Waals surface area contributed by atoms with E-state index in [2.05, 4.69) is 0 Å². The third-order valence-corrected chi connectivity index (χ3v) is 2.81. The summed E-state index contributed by atoms with van der Waals surface area (Å²) in [4.78, 5) is 0. The number of hydrogen-bond acceptors (Lipinski definition) is 1. The van der Waals surface area contributed by atoms with E-state index in [1.807, 2.05) is 0 Å². The van der Waals surface area contributed by atoms with Crippen molar-refractivity contribution in [1.82, 2.24) is 0 Å². The van der Waals surface area contributed by atoms with Gasteiger partial charge in [0.25, 0.3) is 5.92 Å². The molecule has 1 aliphatic carbocycles. The van der Waals surface area contributed by atoms with Crippen LogP contribution in [0.15, 0.2) is 0 Å². The van der Waals surface area contributed by atoms with Gasteiger partial charge in [0, 0.05) is 6.42 Å². The predicted octanol–water partition coefficient (Wildman–Crippen LogP) is 1.01. The molecule has 0 aliphatic heterocycles. The lowest BCUT2D eigenvalue weighted by atomic mass is 10.5. The summed E-state index contributed by atoms with van der Waals surface area (Å²) < 4.78 is 40.9. The first-order chi connectivity index (χ1) is 3.90. The van der Waals surface area contributed by atoms with Crippen molar-refractivity contribution < 1.29 is 17.5 Å². The molecular weight excluding hydrogens is 150 g/mol. The van der Waals surface area contributed by atoms with Crippen molar-refractivity contribution in [2.45, 2.75) is 24.0 Å². The molecule has 0 aromatic rings. The van der Waals surface area contributed by atoms with Crippen molar-refractivity contribution in [2.24, 2.45) is 0 Å². The number of rotatable bonds is 1. The largest absolute Gasteiger partial charge is 0.306 e. The summed E-state index contributed by atoms with van der Waals surface area (Å²) in [6.45, 7) is 1.10. The number of alkyl halides is 2. The standard InChI is InChI=1S/C4H6F2O2S/c1-3(9(7)8)2-4(3,5)6/h2H2,1H3,(H,7,8). The van der Waals surface area contributed by atoms with Crippen LogP contribution in [0.3, 0.4) is 0 Å². The number of hydrogen-bond donors (Lipinski definition) is 1. The third-order valence-electron chi connectivity index (χ3n) is 1.59. The zero-order chi connectivity index (χ0) is 7.28. The van der Waals surface area contributed by atoms with Gasteiger partial charge >= 0.3 is 0 Å². The van der Waals surface area contributed by atoms with Gasteiger partial charge in [-0.25, -0.2) is 13.0 Å². The second-order valence-corrected chi connectivity index (χ2v) is 3.76. The van der Waals surface area contributed by atoms with Crippen LogP contribution in [0.2, 0.25) is 0 Å². The molecule has 1 fully saturated rings. The van der Waals surface area contributed by atoms with Crippen LogP contribution in [0.25, 0.3) is 0 Å². The summed E-state index contributed by atoms with van der Waals surface area (Å²) in [5.74, 6) is -2.92. The van der Waals surface area contributed by atoms with Gasteiger partial charge in [0.2, 0.25) is 0 Å². The molecule has 0 aromatic carbocycles. The van der Waals surface area contributed by atoms with Crippen molar-refractivity contribution in [3.63, 3.8) is 0 Å². The first kappa shape index (κ1) is 7.08. The molecule has 0 heterocycles. The van der Waals surface area contributed by atoms with E-state index in [9.17, 15) is 13.0 Å². The molecule has 2 atom stereocenters. The summed E-state index contributed by atoms with van der Waals surface area (Å²) in [5.41, 5.74) is 0. The Hall–Kier alpha value is -0.0300. The summed E-state index contributed by atoms with van der Waals surface area (Å²) >= 11 is -2.39. The molecule has 0 saturated heterocycles. The Balaban J connectivity index is 2.74. The van der Waals surface area contributed by atoms with Crippen molar-refractivity contribution in [1.29, 1.82) is 0 Å². The molecule has 0 spiro atoms. The molecular formula is C4H6F2O2S. The van der Waals surface area contributed by atoms with E-state index < -0.39 is 28.2 Å². The summed E-state index contributed by atoms with van der Waals surface area (Å²) in [5, 5.41) is 0. The Bertz CT molecular complexity index is 170. The highest BCUT2D eigenvalue weighted by Crippen LogP contribution is 2.55. The minimum absolute atomic E-state index is 0.469. The van der Waals surface area contributed by atoms with E-state index in [1.54, 1.807) is 0 Å². The molecule has 2 nitrogen and oxygen atoms in total. The Kier molecular flexibility index (Phi) is 1.19. The van der Waals surface area contributed by atoms with Crippen LogP contribution < -0.4 is 0 Å². The number of halogens is 2. The minimum Gasteiger partial charge on any atom is -0.306 e. The van der Waals surface area contributed by atoms with Gasteiger partial charge in [-0.1, -0.05) is 0 Å². The van der Waals surface area contributed by atoms with Crippen LogP contribution in [0.5, 0.6) is 0 Å². The van der Waals surface area contributed by atoms with Crippen molar-refractivity contribution >= 4 is 11.1 Å². The van der Waals surface area contributed by atoms with Crippen LogP contribution in [0.1, 0.15) is 13.3 Å². The zero-order valence-corrected chi connectivity index (χ0v) is 5.54. The van der Waals surface area contributed by atoms with E-state index in [0.29, 0.717) is 0 Å². The van der Waals surface area contributed by atoms with Gasteiger partial charge < -0.3 is 4.55 Å². The molecule has 2 unspecified atom stereocenters. The molecule has 0 amide bonds. The highest BCUT2D eigenvalue weighted by molar-refractivity contribution is 7.81. The fourth-order valence-electron chi connectivity index (χ4n) is 0.569. The Morgan fingerprint density at radius 3 is 2.00 bits per heavy atom. The third kappa shape index (κ3) is 0.789. The maximum Gasteiger partial charge on any atom is 0.268 e. The lowest BCUT2D eigenvalue weighted by Gasteiger charge is -2.01. The van der Waals surface area contributed by atoms with Crippen molar-refractivity contribution in [3.05, 3.63) is 0 Å². The van der Waals surface area contributed by atoms with Gasteiger partial charge in [-0.15, -0.1) is 0 Å². The SMILES string of the molecule is CC1(S(=O)O)CC1(F)F. The lowest BCUT2D eigenvalue weighted by Crippen LogP contribution is -2.19. The molecule has 0 radical (unpaired) electrons. The summed E-state index contributed by atoms with van der Waals surface area (Å²) in [7, 11) is 0. The van der Waals surface area contributed by atoms with E-state index in [4.69, 9.17) is 4.55 Å². The second-order valence-electron chi connectivity index (χ2n) is 2.36. The van der Waals surface area contributed by atoms with Gasteiger partial charge in [-0.05, 0) is 6.92 Å². The first-order valence-electron chi connectivity index (χ1n) is 2.39. The maximum absolute atomic E-state index is 12.1. The van der Waals surface area contributed by atoms with Crippen molar-refractivity contribution in [3.8, 4) is 0 Å². The molecule has 9 heavy (non-hydrogen) atoms. The fraction of sp³-hybridized carbons (Fsp3) is 1.00. The van der Waals surface area contributed by atoms with Gasteiger partial charge in [0.15, 0.2) is 11.1 Å². The molecule has 0 bridgehead atoms. The van der Waals surface area contributed by atoms with E-state index in [0.717, 1.165) is 6.92 Å². The monoisotopic (exact) mass is 156 g/mol. The fourth-order valence-corrected chi connectivity index (χ4v) is 1.13. The average molecular weight is 156 g/mol. The smallest absolute Gasteiger partial charge is 0.268 e. The molecule has 1 rings (SSSR count). The predicted molar refractivity (Wildman–Crippen MR) is 28.7 cm³/mol. The molecule has 1 N–H and O–H groups in total. The maximum atomic E-state index is 12.1.